The van der Waals surface area contributed by atoms with Crippen molar-refractivity contribution < 1.29 is 0 Å². The third-order valence-corrected chi connectivity index (χ3v) is 0.910. The number of unbranched alkanes of at least 4 members (excludes halogenated alkanes) is 5. The largest absolute Gasteiger partial charge is 0.0651 e. The highest BCUT2D eigenvalue weighted by atomic mass is 13.9. The molecule has 0 fully saturated rings. The van der Waals surface area contributed by atoms with Crippen LogP contribution in [0.15, 0.2) is 0 Å². The van der Waals surface area contributed by atoms with Gasteiger partial charge in [0.15, 0.2) is 0 Å². The van der Waals surface area contributed by atoms with Crippen LogP contribution in [0.3, 0.4) is 0 Å². The van der Waals surface area contributed by atoms with Crippen molar-refractivity contribution in [1.29, 1.82) is 0 Å². The maximum Gasteiger partial charge on any atom is -0.0349 e. The Bertz CT molecular complexity index is 25.0. The van der Waals surface area contributed by atoms with Crippen LogP contribution in [0.1, 0.15) is 26.7 Å². The maximum atomic E-state index is 2.18. The Morgan fingerprint density at radius 1 is 1.12 bits per heavy atom. The monoisotopic (exact) mass is 110 g/mol. The van der Waals surface area contributed by atoms with Gasteiger partial charge in [-0.15, -0.1) is 0 Å². The van der Waals surface area contributed by atoms with E-state index in [0.717, 1.165) is 12.8 Å². The van der Waals surface area contributed by atoms with Crippen molar-refractivity contribution >= 4 is 0 Å². The van der Waals surface area contributed by atoms with E-state index in [0.29, 0.717) is 0 Å². The third-order valence-electron chi connectivity index (χ3n) is 0.910. The molecule has 0 heterocycles. The van der Waals surface area contributed by atoms with E-state index < -0.39 is 0 Å². The van der Waals surface area contributed by atoms with Crippen LogP contribution in [0.5, 0.6) is 0 Å². The quantitative estimate of drug-likeness (QED) is 0.477. The molecule has 0 aromatic carbocycles. The highest BCUT2D eigenvalue weighted by Crippen LogP contribution is 1.99. The highest BCUT2D eigenvalue weighted by molar-refractivity contribution is 4.91. The van der Waals surface area contributed by atoms with E-state index in [1.54, 1.807) is 0 Å². The van der Waals surface area contributed by atoms with E-state index in [1.165, 1.54) is 0 Å². The molecule has 0 amide bonds. The minimum Gasteiger partial charge on any atom is -0.0651 e. The predicted octanol–water partition coefficient (Wildman–Crippen LogP) is 2.62. The van der Waals surface area contributed by atoms with Crippen molar-refractivity contribution in [3.8, 4) is 0 Å². The molecule has 0 N–H and O–H groups in total. The molecule has 0 spiro atoms. The van der Waals surface area contributed by atoms with E-state index in [9.17, 15) is 0 Å². The Balaban J connectivity index is 2.53. The van der Waals surface area contributed by atoms with Crippen molar-refractivity contribution in [3.05, 3.63) is 25.7 Å². The van der Waals surface area contributed by atoms with Gasteiger partial charge in [-0.2, -0.15) is 0 Å². The van der Waals surface area contributed by atoms with Gasteiger partial charge in [-0.25, -0.2) is 0 Å². The molecule has 0 unspecified atom stereocenters. The minimum atomic E-state index is 1.09. The van der Waals surface area contributed by atoms with Gasteiger partial charge in [0.05, 0.1) is 0 Å². The molecule has 46 valence electrons. The van der Waals surface area contributed by atoms with Crippen LogP contribution in [0, 0.1) is 25.7 Å². The second-order valence-corrected chi connectivity index (χ2v) is 1.68. The maximum absolute atomic E-state index is 2.18. The molecule has 0 heteroatoms. The van der Waals surface area contributed by atoms with Crippen LogP contribution in [0.25, 0.3) is 0 Å². The molecule has 0 aliphatic rings. The second-order valence-electron chi connectivity index (χ2n) is 1.68. The predicted molar refractivity (Wildman–Crippen MR) is 37.8 cm³/mol. The van der Waals surface area contributed by atoms with Crippen LogP contribution in [0.4, 0.5) is 0 Å². The Labute approximate surface area is 53.3 Å². The molecular formula is C8H14. The van der Waals surface area contributed by atoms with E-state index in [2.05, 4.69) is 32.6 Å². The van der Waals surface area contributed by atoms with Crippen molar-refractivity contribution in [3.63, 3.8) is 0 Å². The fourth-order valence-electron chi connectivity index (χ4n) is 0.478. The first kappa shape index (κ1) is 8.00. The summed E-state index contributed by atoms with van der Waals surface area (Å²) in [5, 5.41) is 0. The van der Waals surface area contributed by atoms with E-state index >= 15 is 0 Å². The van der Waals surface area contributed by atoms with Gasteiger partial charge in [0.2, 0.25) is 0 Å². The van der Waals surface area contributed by atoms with Gasteiger partial charge in [0, 0.05) is 0 Å². The molecule has 8 heavy (non-hydrogen) atoms. The molecule has 0 atom stereocenters. The summed E-state index contributed by atoms with van der Waals surface area (Å²) in [4.78, 5) is 0. The van der Waals surface area contributed by atoms with E-state index in [-0.39, 0.29) is 0 Å². The summed E-state index contributed by atoms with van der Waals surface area (Å²) in [5.74, 6) is 0. The molecule has 0 saturated heterocycles. The zero-order valence-electron chi connectivity index (χ0n) is 5.72. The lowest BCUT2D eigenvalue weighted by molar-refractivity contribution is 1.03. The molecule has 0 saturated carbocycles. The van der Waals surface area contributed by atoms with Gasteiger partial charge in [0.1, 0.15) is 0 Å². The molecule has 4 radical (unpaired) electrons. The van der Waals surface area contributed by atoms with Crippen molar-refractivity contribution in [2.24, 2.45) is 0 Å². The zero-order valence-corrected chi connectivity index (χ0v) is 5.72. The molecular weight excluding hydrogens is 96.1 g/mol. The lowest BCUT2D eigenvalue weighted by atomic mass is 10.1. The average Bonchev–Trinajstić information content (AvgIpc) is 1.81. The highest BCUT2D eigenvalue weighted by Gasteiger charge is 1.84. The van der Waals surface area contributed by atoms with Crippen molar-refractivity contribution in [2.45, 2.75) is 26.7 Å². The second kappa shape index (κ2) is 7.00. The van der Waals surface area contributed by atoms with Crippen LogP contribution in [0.2, 0.25) is 0 Å². The molecule has 0 bridgehead atoms. The minimum absolute atomic E-state index is 1.09. The molecule has 0 rings (SSSR count). The smallest absolute Gasteiger partial charge is 0.0349 e. The molecule has 0 aliphatic heterocycles. The fourth-order valence-corrected chi connectivity index (χ4v) is 0.478. The first-order valence-electron chi connectivity index (χ1n) is 3.18. The summed E-state index contributed by atoms with van der Waals surface area (Å²) >= 11 is 0. The number of hydrogen-bond donors (Lipinski definition) is 0. The summed E-state index contributed by atoms with van der Waals surface area (Å²) in [7, 11) is 0. The standard InChI is InChI=1S/C8H14/c1-3-5-7-8-6-4-2/h3,5-6,8H,4,7H2,1-2H3. The van der Waals surface area contributed by atoms with Gasteiger partial charge < -0.3 is 0 Å². The Morgan fingerprint density at radius 2 is 1.88 bits per heavy atom. The SMILES string of the molecule is C[CH][CH]C[CH][CH]CC. The van der Waals surface area contributed by atoms with Gasteiger partial charge in [-0.3, -0.25) is 0 Å². The summed E-state index contributed by atoms with van der Waals surface area (Å²) in [6.45, 7) is 4.19. The van der Waals surface area contributed by atoms with Crippen LogP contribution in [-0.4, -0.2) is 0 Å². The number of rotatable bonds is 5. The van der Waals surface area contributed by atoms with Crippen LogP contribution >= 0.6 is 0 Å². The Hall–Kier alpha value is 0. The topological polar surface area (TPSA) is 0 Å². The Kier molecular flexibility index (Phi) is 7.00. The third kappa shape index (κ3) is 6.00. The van der Waals surface area contributed by atoms with Gasteiger partial charge in [0.25, 0.3) is 0 Å². The molecule has 0 aliphatic carbocycles. The Morgan fingerprint density at radius 3 is 2.38 bits per heavy atom. The average molecular weight is 110 g/mol. The molecule has 0 aromatic rings. The normalized spacial score (nSPS) is 9.75. The van der Waals surface area contributed by atoms with Crippen LogP contribution in [-0.2, 0) is 0 Å². The fraction of sp³-hybridized carbons (Fsp3) is 0.500. The lowest BCUT2D eigenvalue weighted by Crippen LogP contribution is -1.78. The van der Waals surface area contributed by atoms with Crippen molar-refractivity contribution in [1.82, 2.24) is 0 Å². The van der Waals surface area contributed by atoms with Gasteiger partial charge in [-0.1, -0.05) is 20.3 Å². The van der Waals surface area contributed by atoms with Gasteiger partial charge in [-0.05, 0) is 32.1 Å². The first-order valence-corrected chi connectivity index (χ1v) is 3.18. The van der Waals surface area contributed by atoms with Crippen molar-refractivity contribution in [2.75, 3.05) is 0 Å². The summed E-state index contributed by atoms with van der Waals surface area (Å²) < 4.78 is 0. The van der Waals surface area contributed by atoms with E-state index in [4.69, 9.17) is 0 Å². The number of hydrogen-bond acceptors (Lipinski definition) is 0. The van der Waals surface area contributed by atoms with E-state index in [1.807, 2.05) is 6.92 Å². The molecule has 0 aromatic heterocycles. The summed E-state index contributed by atoms with van der Waals surface area (Å²) in [5.41, 5.74) is 0. The first-order chi connectivity index (χ1) is 3.91. The molecule has 0 nitrogen and oxygen atoms in total. The summed E-state index contributed by atoms with van der Waals surface area (Å²) in [6, 6.07) is 0. The van der Waals surface area contributed by atoms with Crippen LogP contribution < -0.4 is 0 Å². The zero-order chi connectivity index (χ0) is 6.24. The summed E-state index contributed by atoms with van der Waals surface area (Å²) in [6.07, 6.45) is 10.8. The lowest BCUT2D eigenvalue weighted by Gasteiger charge is -1.92. The van der Waals surface area contributed by atoms with Gasteiger partial charge >= 0.3 is 0 Å².